The van der Waals surface area contributed by atoms with Gasteiger partial charge >= 0.3 is 6.18 Å². The van der Waals surface area contributed by atoms with Gasteiger partial charge in [-0.3, -0.25) is 14.2 Å². The summed E-state index contributed by atoms with van der Waals surface area (Å²) in [5, 5.41) is 2.58. The lowest BCUT2D eigenvalue weighted by Crippen LogP contribution is -2.34. The van der Waals surface area contributed by atoms with Crippen molar-refractivity contribution in [3.05, 3.63) is 105 Å². The van der Waals surface area contributed by atoms with Gasteiger partial charge in [0.2, 0.25) is 0 Å². The second-order valence-electron chi connectivity index (χ2n) is 7.06. The number of hydrogen-bond donors (Lipinski definition) is 1. The van der Waals surface area contributed by atoms with Gasteiger partial charge < -0.3 is 5.32 Å². The van der Waals surface area contributed by atoms with Crippen molar-refractivity contribution in [3.8, 4) is 5.69 Å². The van der Waals surface area contributed by atoms with E-state index < -0.39 is 34.7 Å². The van der Waals surface area contributed by atoms with Gasteiger partial charge in [-0.15, -0.1) is 0 Å². The van der Waals surface area contributed by atoms with Crippen molar-refractivity contribution in [3.63, 3.8) is 0 Å². The highest BCUT2D eigenvalue weighted by atomic mass is 35.5. The van der Waals surface area contributed by atoms with Crippen LogP contribution in [0, 0.1) is 5.82 Å². The predicted molar refractivity (Wildman–Crippen MR) is 115 cm³/mol. The van der Waals surface area contributed by atoms with E-state index in [4.69, 9.17) is 11.6 Å². The van der Waals surface area contributed by atoms with E-state index in [2.05, 4.69) is 10.3 Å². The Kier molecular flexibility index (Phi) is 5.90. The number of nitrogens with zero attached hydrogens (tertiary/aromatic N) is 2. The van der Waals surface area contributed by atoms with Crippen LogP contribution in [0.15, 0.2) is 71.5 Å². The third kappa shape index (κ3) is 4.58. The lowest BCUT2D eigenvalue weighted by molar-refractivity contribution is -0.137. The Balaban J connectivity index is 1.79. The van der Waals surface area contributed by atoms with Crippen LogP contribution in [-0.4, -0.2) is 15.5 Å². The van der Waals surface area contributed by atoms with Gasteiger partial charge in [0.1, 0.15) is 5.82 Å². The van der Waals surface area contributed by atoms with Gasteiger partial charge in [-0.1, -0.05) is 35.9 Å². The minimum atomic E-state index is -4.61. The number of fused-ring (bicyclic) bond motifs is 1. The number of carbonyl (C=O) groups excluding carboxylic acids is 1. The van der Waals surface area contributed by atoms with E-state index in [-0.39, 0.29) is 28.3 Å². The number of alkyl halides is 3. The monoisotopic (exact) mass is 475 g/mol. The molecule has 0 saturated carbocycles. The number of rotatable bonds is 4. The number of hydrogen-bond acceptors (Lipinski definition) is 3. The molecule has 3 aromatic carbocycles. The van der Waals surface area contributed by atoms with Crippen molar-refractivity contribution in [1.29, 1.82) is 0 Å². The average Bonchev–Trinajstić information content (AvgIpc) is 2.77. The van der Waals surface area contributed by atoms with E-state index >= 15 is 0 Å². The van der Waals surface area contributed by atoms with Gasteiger partial charge in [-0.25, -0.2) is 9.37 Å². The molecule has 0 radical (unpaired) electrons. The summed E-state index contributed by atoms with van der Waals surface area (Å²) in [7, 11) is 0. The van der Waals surface area contributed by atoms with Crippen molar-refractivity contribution in [1.82, 2.24) is 14.9 Å². The molecule has 0 aliphatic carbocycles. The maximum atomic E-state index is 13.2. The Hall–Kier alpha value is -3.72. The third-order valence-corrected chi connectivity index (χ3v) is 5.21. The molecule has 168 valence electrons. The number of nitrogens with one attached hydrogen (secondary N) is 1. The van der Waals surface area contributed by atoms with E-state index in [0.29, 0.717) is 5.56 Å². The first kappa shape index (κ1) is 22.5. The number of carbonyl (C=O) groups is 1. The van der Waals surface area contributed by atoms with Crippen LogP contribution in [0.1, 0.15) is 21.6 Å². The molecule has 0 bridgehead atoms. The van der Waals surface area contributed by atoms with Crippen molar-refractivity contribution >= 4 is 28.5 Å². The molecule has 0 aliphatic heterocycles. The molecular formula is C23H14ClF4N3O2. The highest BCUT2D eigenvalue weighted by Gasteiger charge is 2.31. The van der Waals surface area contributed by atoms with E-state index in [1.165, 1.54) is 36.4 Å². The smallest absolute Gasteiger partial charge is 0.346 e. The fourth-order valence-corrected chi connectivity index (χ4v) is 3.52. The van der Waals surface area contributed by atoms with Crippen LogP contribution in [0.25, 0.3) is 16.7 Å². The quantitative estimate of drug-likeness (QED) is 0.416. The molecule has 0 atom stereocenters. The van der Waals surface area contributed by atoms with Gasteiger partial charge in [0.15, 0.2) is 5.69 Å². The molecule has 1 amide bonds. The molecule has 1 aromatic heterocycles. The zero-order valence-corrected chi connectivity index (χ0v) is 17.4. The van der Waals surface area contributed by atoms with Crippen molar-refractivity contribution in [2.24, 2.45) is 0 Å². The lowest BCUT2D eigenvalue weighted by atomic mass is 10.1. The first-order chi connectivity index (χ1) is 15.6. The molecule has 5 nitrogen and oxygen atoms in total. The standard InChI is InChI=1S/C23H14ClF4N3O2/c24-17-11-15(25)9-8-13(17)12-29-21(32)20-22(33)31(19-7-2-1-6-18(19)30-20)16-5-3-4-14(10-16)23(26,27)28/h1-11H,12H2,(H,29,32). The molecule has 1 N–H and O–H groups in total. The first-order valence-electron chi connectivity index (χ1n) is 9.57. The average molecular weight is 476 g/mol. The van der Waals surface area contributed by atoms with Gasteiger partial charge in [-0.2, -0.15) is 13.2 Å². The van der Waals surface area contributed by atoms with Crippen molar-refractivity contribution in [2.75, 3.05) is 0 Å². The van der Waals surface area contributed by atoms with Crippen LogP contribution in [0.3, 0.4) is 0 Å². The van der Waals surface area contributed by atoms with Crippen LogP contribution < -0.4 is 10.9 Å². The Morgan fingerprint density at radius 3 is 2.52 bits per heavy atom. The van der Waals surface area contributed by atoms with E-state index in [9.17, 15) is 27.2 Å². The van der Waals surface area contributed by atoms with Gasteiger partial charge in [0.05, 0.1) is 16.6 Å². The minimum Gasteiger partial charge on any atom is -0.346 e. The Bertz CT molecular complexity index is 1430. The van der Waals surface area contributed by atoms with Crippen molar-refractivity contribution < 1.29 is 22.4 Å². The molecule has 33 heavy (non-hydrogen) atoms. The van der Waals surface area contributed by atoms with Gasteiger partial charge in [-0.05, 0) is 48.0 Å². The molecule has 0 fully saturated rings. The second kappa shape index (κ2) is 8.67. The van der Waals surface area contributed by atoms with Crippen molar-refractivity contribution in [2.45, 2.75) is 12.7 Å². The Labute approximate surface area is 189 Å². The third-order valence-electron chi connectivity index (χ3n) is 4.86. The van der Waals surface area contributed by atoms with Crippen LogP contribution in [0.4, 0.5) is 17.6 Å². The molecular weight excluding hydrogens is 462 g/mol. The van der Waals surface area contributed by atoms with Crippen LogP contribution in [0.5, 0.6) is 0 Å². The summed E-state index contributed by atoms with van der Waals surface area (Å²) >= 11 is 5.96. The highest BCUT2D eigenvalue weighted by Crippen LogP contribution is 2.30. The molecule has 10 heteroatoms. The number of halogens is 5. The fourth-order valence-electron chi connectivity index (χ4n) is 3.28. The first-order valence-corrected chi connectivity index (χ1v) is 9.94. The topological polar surface area (TPSA) is 64.0 Å². The molecule has 0 spiro atoms. The van der Waals surface area contributed by atoms with Crippen LogP contribution >= 0.6 is 11.6 Å². The predicted octanol–water partition coefficient (Wildman–Crippen LogP) is 5.13. The summed E-state index contributed by atoms with van der Waals surface area (Å²) < 4.78 is 53.9. The fraction of sp³-hybridized carbons (Fsp3) is 0.0870. The molecule has 0 saturated heterocycles. The number of benzene rings is 3. The van der Waals surface area contributed by atoms with E-state index in [1.54, 1.807) is 12.1 Å². The summed E-state index contributed by atoms with van der Waals surface area (Å²) in [6, 6.07) is 14.1. The zero-order chi connectivity index (χ0) is 23.8. The molecule has 0 aliphatic rings. The highest BCUT2D eigenvalue weighted by molar-refractivity contribution is 6.31. The van der Waals surface area contributed by atoms with Crippen LogP contribution in [-0.2, 0) is 12.7 Å². The maximum Gasteiger partial charge on any atom is 0.416 e. The van der Waals surface area contributed by atoms with Gasteiger partial charge in [0.25, 0.3) is 11.5 Å². The Morgan fingerprint density at radius 1 is 1.03 bits per heavy atom. The lowest BCUT2D eigenvalue weighted by Gasteiger charge is -2.14. The number of amides is 1. The summed E-state index contributed by atoms with van der Waals surface area (Å²) in [6.45, 7) is -0.116. The number of para-hydroxylation sites is 2. The summed E-state index contributed by atoms with van der Waals surface area (Å²) in [6.07, 6.45) is -4.61. The Morgan fingerprint density at radius 2 is 1.79 bits per heavy atom. The van der Waals surface area contributed by atoms with Crippen LogP contribution in [0.2, 0.25) is 5.02 Å². The summed E-state index contributed by atoms with van der Waals surface area (Å²) in [4.78, 5) is 30.1. The molecule has 0 unspecified atom stereocenters. The molecule has 4 rings (SSSR count). The molecule has 4 aromatic rings. The SMILES string of the molecule is O=C(NCc1ccc(F)cc1Cl)c1nc2ccccc2n(-c2cccc(C(F)(F)F)c2)c1=O. The zero-order valence-electron chi connectivity index (χ0n) is 16.7. The second-order valence-corrected chi connectivity index (χ2v) is 7.46. The maximum absolute atomic E-state index is 13.2. The summed E-state index contributed by atoms with van der Waals surface area (Å²) in [5.41, 5.74) is -1.53. The van der Waals surface area contributed by atoms with Gasteiger partial charge in [0, 0.05) is 17.3 Å². The minimum absolute atomic E-state index is 0.0657. The normalized spacial score (nSPS) is 11.5. The molecule has 1 heterocycles. The largest absolute Gasteiger partial charge is 0.416 e. The van der Waals surface area contributed by atoms with E-state index in [1.807, 2.05) is 0 Å². The summed E-state index contributed by atoms with van der Waals surface area (Å²) in [5.74, 6) is -1.40. The van der Waals surface area contributed by atoms with E-state index in [0.717, 1.165) is 22.8 Å². The number of aromatic nitrogens is 2.